The van der Waals surface area contributed by atoms with Crippen LogP contribution in [0.25, 0.3) is 0 Å². The summed E-state index contributed by atoms with van der Waals surface area (Å²) in [6.07, 6.45) is 6.15. The van der Waals surface area contributed by atoms with E-state index in [1.54, 1.807) is 19.1 Å². The Kier molecular flexibility index (Phi) is 6.08. The molecule has 20 heavy (non-hydrogen) atoms. The molecular weight excluding hydrogens is 252 g/mol. The van der Waals surface area contributed by atoms with Crippen molar-refractivity contribution in [1.82, 2.24) is 4.90 Å². The number of hydrogen-bond acceptors (Lipinski definition) is 3. The van der Waals surface area contributed by atoms with E-state index in [9.17, 15) is 4.79 Å². The maximum absolute atomic E-state index is 12.1. The number of amides is 1. The van der Waals surface area contributed by atoms with Crippen LogP contribution in [0, 0.1) is 12.3 Å². The van der Waals surface area contributed by atoms with Gasteiger partial charge in [0.1, 0.15) is 5.75 Å². The van der Waals surface area contributed by atoms with Crippen molar-refractivity contribution in [3.8, 4) is 18.1 Å². The van der Waals surface area contributed by atoms with Gasteiger partial charge in [-0.1, -0.05) is 18.2 Å². The zero-order chi connectivity index (χ0) is 15.1. The third-order valence-electron chi connectivity index (χ3n) is 3.37. The van der Waals surface area contributed by atoms with E-state index in [-0.39, 0.29) is 18.4 Å². The van der Waals surface area contributed by atoms with Crippen LogP contribution < -0.4 is 10.5 Å². The molecule has 1 aromatic carbocycles. The third-order valence-corrected chi connectivity index (χ3v) is 3.37. The Labute approximate surface area is 120 Å². The van der Waals surface area contributed by atoms with Crippen molar-refractivity contribution >= 4 is 5.91 Å². The monoisotopic (exact) mass is 274 g/mol. The van der Waals surface area contributed by atoms with Crippen LogP contribution >= 0.6 is 0 Å². The van der Waals surface area contributed by atoms with Crippen molar-refractivity contribution in [3.63, 3.8) is 0 Å². The minimum absolute atomic E-state index is 0.0163. The molecule has 0 bridgehead atoms. The molecule has 2 N–H and O–H groups in total. The van der Waals surface area contributed by atoms with Gasteiger partial charge in [-0.05, 0) is 25.0 Å². The Morgan fingerprint density at radius 1 is 1.50 bits per heavy atom. The van der Waals surface area contributed by atoms with Gasteiger partial charge in [0.25, 0.3) is 0 Å². The number of para-hydroxylation sites is 1. The molecule has 0 heterocycles. The Hall–Kier alpha value is -1.99. The normalized spacial score (nSPS) is 13.2. The first-order valence-corrected chi connectivity index (χ1v) is 6.58. The number of carbonyl (C=O) groups excluding carboxylic acids is 1. The van der Waals surface area contributed by atoms with Crippen molar-refractivity contribution in [2.24, 2.45) is 5.73 Å². The van der Waals surface area contributed by atoms with Crippen LogP contribution in [0.2, 0.25) is 0 Å². The number of nitrogens with zero attached hydrogens (tertiary/aromatic N) is 1. The van der Waals surface area contributed by atoms with Gasteiger partial charge in [-0.3, -0.25) is 4.79 Å². The molecule has 108 valence electrons. The SMILES string of the molecule is C#CCC(N)C(=O)N(C)C(C)Cc1ccccc1OC. The standard InChI is InChI=1S/C16H22N2O2/c1-5-8-14(17)16(19)18(3)12(2)11-13-9-6-7-10-15(13)20-4/h1,6-7,9-10,12,14H,8,11,17H2,2-4H3. The van der Waals surface area contributed by atoms with Gasteiger partial charge in [0.05, 0.1) is 13.2 Å². The number of benzene rings is 1. The van der Waals surface area contributed by atoms with E-state index in [1.165, 1.54) is 0 Å². The second-order valence-corrected chi connectivity index (χ2v) is 4.83. The van der Waals surface area contributed by atoms with Crippen LogP contribution in [0.3, 0.4) is 0 Å². The average molecular weight is 274 g/mol. The molecule has 0 fully saturated rings. The molecule has 4 heteroatoms. The molecule has 0 aromatic heterocycles. The van der Waals surface area contributed by atoms with E-state index >= 15 is 0 Å². The lowest BCUT2D eigenvalue weighted by Crippen LogP contribution is -2.46. The smallest absolute Gasteiger partial charge is 0.240 e. The Morgan fingerprint density at radius 3 is 2.75 bits per heavy atom. The van der Waals surface area contributed by atoms with Crippen molar-refractivity contribution in [3.05, 3.63) is 29.8 Å². The quantitative estimate of drug-likeness (QED) is 0.799. The van der Waals surface area contributed by atoms with E-state index in [1.807, 2.05) is 31.2 Å². The summed E-state index contributed by atoms with van der Waals surface area (Å²) in [7, 11) is 3.39. The van der Waals surface area contributed by atoms with Gasteiger partial charge in [0.2, 0.25) is 5.91 Å². The summed E-state index contributed by atoms with van der Waals surface area (Å²) in [5.74, 6) is 3.11. The Bertz CT molecular complexity index is 493. The van der Waals surface area contributed by atoms with Crippen LogP contribution in [0.4, 0.5) is 0 Å². The second-order valence-electron chi connectivity index (χ2n) is 4.83. The number of hydrogen-bond donors (Lipinski definition) is 1. The van der Waals surface area contributed by atoms with E-state index in [0.29, 0.717) is 6.42 Å². The van der Waals surface area contributed by atoms with E-state index in [2.05, 4.69) is 5.92 Å². The molecule has 0 radical (unpaired) electrons. The number of carbonyl (C=O) groups is 1. The number of likely N-dealkylation sites (N-methyl/N-ethyl adjacent to an activating group) is 1. The molecule has 1 amide bonds. The van der Waals surface area contributed by atoms with E-state index < -0.39 is 6.04 Å². The van der Waals surface area contributed by atoms with Gasteiger partial charge < -0.3 is 15.4 Å². The third kappa shape index (κ3) is 4.01. The van der Waals surface area contributed by atoms with Crippen molar-refractivity contribution in [2.75, 3.05) is 14.2 Å². The average Bonchev–Trinajstić information content (AvgIpc) is 2.46. The molecule has 2 atom stereocenters. The zero-order valence-electron chi connectivity index (χ0n) is 12.3. The summed E-state index contributed by atoms with van der Waals surface area (Å²) < 4.78 is 5.32. The van der Waals surface area contributed by atoms with Gasteiger partial charge in [0.15, 0.2) is 0 Å². The van der Waals surface area contributed by atoms with Crippen LogP contribution in [0.5, 0.6) is 5.75 Å². The van der Waals surface area contributed by atoms with Gasteiger partial charge in [-0.15, -0.1) is 12.3 Å². The largest absolute Gasteiger partial charge is 0.496 e. The number of methoxy groups -OCH3 is 1. The number of ether oxygens (including phenoxy) is 1. The minimum atomic E-state index is -0.634. The summed E-state index contributed by atoms with van der Waals surface area (Å²) >= 11 is 0. The van der Waals surface area contributed by atoms with Crippen LogP contribution in [0.1, 0.15) is 18.9 Å². The molecule has 0 saturated heterocycles. The highest BCUT2D eigenvalue weighted by Gasteiger charge is 2.22. The summed E-state index contributed by atoms with van der Waals surface area (Å²) in [6.45, 7) is 1.98. The fourth-order valence-corrected chi connectivity index (χ4v) is 2.02. The topological polar surface area (TPSA) is 55.6 Å². The summed E-state index contributed by atoms with van der Waals surface area (Å²) in [4.78, 5) is 13.7. The number of rotatable bonds is 6. The van der Waals surface area contributed by atoms with Crippen LogP contribution in [-0.4, -0.2) is 37.0 Å². The summed E-state index contributed by atoms with van der Waals surface area (Å²) in [6, 6.07) is 7.16. The first-order chi connectivity index (χ1) is 9.51. The van der Waals surface area contributed by atoms with Crippen LogP contribution in [-0.2, 0) is 11.2 Å². The van der Waals surface area contributed by atoms with Gasteiger partial charge in [-0.25, -0.2) is 0 Å². The predicted octanol–water partition coefficient (Wildman–Crippen LogP) is 1.44. The lowest BCUT2D eigenvalue weighted by atomic mass is 10.0. The van der Waals surface area contributed by atoms with Crippen molar-refractivity contribution < 1.29 is 9.53 Å². The first-order valence-electron chi connectivity index (χ1n) is 6.58. The molecule has 0 aliphatic heterocycles. The Balaban J connectivity index is 2.73. The predicted molar refractivity (Wildman–Crippen MR) is 80.4 cm³/mol. The molecule has 4 nitrogen and oxygen atoms in total. The molecule has 1 rings (SSSR count). The molecular formula is C16H22N2O2. The molecule has 1 aromatic rings. The minimum Gasteiger partial charge on any atom is -0.496 e. The van der Waals surface area contributed by atoms with Gasteiger partial charge in [-0.2, -0.15) is 0 Å². The fraction of sp³-hybridized carbons (Fsp3) is 0.438. The maximum Gasteiger partial charge on any atom is 0.240 e. The van der Waals surface area contributed by atoms with E-state index in [4.69, 9.17) is 16.9 Å². The molecule has 0 saturated carbocycles. The lowest BCUT2D eigenvalue weighted by Gasteiger charge is -2.27. The first kappa shape index (κ1) is 16.1. The van der Waals surface area contributed by atoms with E-state index in [0.717, 1.165) is 11.3 Å². The molecule has 2 unspecified atom stereocenters. The second kappa shape index (κ2) is 7.56. The van der Waals surface area contributed by atoms with Crippen molar-refractivity contribution in [2.45, 2.75) is 31.8 Å². The molecule has 0 aliphatic carbocycles. The lowest BCUT2D eigenvalue weighted by molar-refractivity contribution is -0.132. The van der Waals surface area contributed by atoms with Crippen molar-refractivity contribution in [1.29, 1.82) is 0 Å². The summed E-state index contributed by atoms with van der Waals surface area (Å²) in [5, 5.41) is 0. The summed E-state index contributed by atoms with van der Waals surface area (Å²) in [5.41, 5.74) is 6.82. The Morgan fingerprint density at radius 2 is 2.15 bits per heavy atom. The number of terminal acetylenes is 1. The van der Waals surface area contributed by atoms with Gasteiger partial charge in [0, 0.05) is 19.5 Å². The molecule has 0 spiro atoms. The molecule has 0 aliphatic rings. The van der Waals surface area contributed by atoms with Crippen LogP contribution in [0.15, 0.2) is 24.3 Å². The maximum atomic E-state index is 12.1. The fourth-order valence-electron chi connectivity index (χ4n) is 2.02. The highest BCUT2D eigenvalue weighted by Crippen LogP contribution is 2.20. The highest BCUT2D eigenvalue weighted by atomic mass is 16.5. The highest BCUT2D eigenvalue weighted by molar-refractivity contribution is 5.82. The van der Waals surface area contributed by atoms with Gasteiger partial charge >= 0.3 is 0 Å². The zero-order valence-corrected chi connectivity index (χ0v) is 12.3. The number of nitrogens with two attached hydrogens (primary N) is 1.